The second-order valence-corrected chi connectivity index (χ2v) is 3.09. The molecule has 2 N–H and O–H groups in total. The summed E-state index contributed by atoms with van der Waals surface area (Å²) in [5.41, 5.74) is 2.13. The highest BCUT2D eigenvalue weighted by atomic mass is 16.5. The summed E-state index contributed by atoms with van der Waals surface area (Å²) in [5, 5.41) is 11.3. The van der Waals surface area contributed by atoms with Gasteiger partial charge in [-0.1, -0.05) is 0 Å². The van der Waals surface area contributed by atoms with E-state index in [0.717, 1.165) is 23.1 Å². The average Bonchev–Trinajstić information content (AvgIpc) is 2.65. The first kappa shape index (κ1) is 9.02. The fourth-order valence-corrected chi connectivity index (χ4v) is 1.34. The number of fused-ring (bicyclic) bond motifs is 1. The van der Waals surface area contributed by atoms with E-state index in [1.807, 2.05) is 24.4 Å². The highest BCUT2D eigenvalue weighted by molar-refractivity contribution is 5.81. The summed E-state index contributed by atoms with van der Waals surface area (Å²) < 4.78 is 4.95. The Balaban J connectivity index is 2.10. The van der Waals surface area contributed by atoms with Crippen molar-refractivity contribution in [3.05, 3.63) is 24.4 Å². The fraction of sp³-hybridized carbons (Fsp3) is 0.300. The summed E-state index contributed by atoms with van der Waals surface area (Å²) >= 11 is 0. The zero-order chi connectivity index (χ0) is 9.80. The van der Waals surface area contributed by atoms with E-state index in [1.54, 1.807) is 7.11 Å². The van der Waals surface area contributed by atoms with Gasteiger partial charge in [-0.3, -0.25) is 5.10 Å². The van der Waals surface area contributed by atoms with Gasteiger partial charge in [0.25, 0.3) is 0 Å². The number of aromatic amines is 1. The molecule has 0 aliphatic rings. The van der Waals surface area contributed by atoms with E-state index in [9.17, 15) is 0 Å². The molecule has 4 heteroatoms. The maximum Gasteiger partial charge on any atom is 0.0670 e. The Morgan fingerprint density at radius 3 is 3.29 bits per heavy atom. The van der Waals surface area contributed by atoms with Crippen LogP contribution >= 0.6 is 0 Å². The second kappa shape index (κ2) is 4.11. The quantitative estimate of drug-likeness (QED) is 0.722. The van der Waals surface area contributed by atoms with E-state index in [4.69, 9.17) is 4.74 Å². The van der Waals surface area contributed by atoms with Crippen LogP contribution in [-0.2, 0) is 4.74 Å². The van der Waals surface area contributed by atoms with E-state index >= 15 is 0 Å². The molecule has 2 aromatic rings. The molecule has 0 spiro atoms. The van der Waals surface area contributed by atoms with E-state index in [1.165, 1.54) is 0 Å². The molecule has 0 saturated heterocycles. The Bertz CT molecular complexity index is 410. The lowest BCUT2D eigenvalue weighted by atomic mass is 10.2. The van der Waals surface area contributed by atoms with Gasteiger partial charge in [-0.25, -0.2) is 0 Å². The van der Waals surface area contributed by atoms with Crippen molar-refractivity contribution < 1.29 is 4.74 Å². The maximum atomic E-state index is 4.95. The van der Waals surface area contributed by atoms with Gasteiger partial charge in [-0.2, -0.15) is 5.10 Å². The van der Waals surface area contributed by atoms with Gasteiger partial charge in [0.1, 0.15) is 0 Å². The molecule has 0 atom stereocenters. The molecule has 1 heterocycles. The molecular weight excluding hydrogens is 178 g/mol. The molecule has 1 aromatic carbocycles. The van der Waals surface area contributed by atoms with Gasteiger partial charge in [-0.05, 0) is 18.2 Å². The maximum absolute atomic E-state index is 4.95. The lowest BCUT2D eigenvalue weighted by Crippen LogP contribution is -2.07. The van der Waals surface area contributed by atoms with E-state index in [0.29, 0.717) is 6.61 Å². The number of H-pyrrole nitrogens is 1. The molecule has 4 nitrogen and oxygen atoms in total. The van der Waals surface area contributed by atoms with Crippen molar-refractivity contribution in [3.63, 3.8) is 0 Å². The molecule has 74 valence electrons. The molecule has 1 aromatic heterocycles. The first-order valence-corrected chi connectivity index (χ1v) is 4.56. The van der Waals surface area contributed by atoms with Crippen LogP contribution in [0.4, 0.5) is 5.69 Å². The summed E-state index contributed by atoms with van der Waals surface area (Å²) in [4.78, 5) is 0. The highest BCUT2D eigenvalue weighted by Crippen LogP contribution is 2.15. The largest absolute Gasteiger partial charge is 0.383 e. The lowest BCUT2D eigenvalue weighted by Gasteiger charge is -2.04. The van der Waals surface area contributed by atoms with Crippen molar-refractivity contribution in [2.24, 2.45) is 0 Å². The van der Waals surface area contributed by atoms with Crippen LogP contribution < -0.4 is 5.32 Å². The molecular formula is C10H13N3O. The van der Waals surface area contributed by atoms with E-state index in [-0.39, 0.29) is 0 Å². The second-order valence-electron chi connectivity index (χ2n) is 3.09. The minimum absolute atomic E-state index is 0.709. The molecule has 0 amide bonds. The smallest absolute Gasteiger partial charge is 0.0670 e. The van der Waals surface area contributed by atoms with Crippen LogP contribution in [0.5, 0.6) is 0 Å². The molecule has 0 bridgehead atoms. The van der Waals surface area contributed by atoms with E-state index < -0.39 is 0 Å². The minimum Gasteiger partial charge on any atom is -0.383 e. The van der Waals surface area contributed by atoms with E-state index in [2.05, 4.69) is 15.5 Å². The van der Waals surface area contributed by atoms with Crippen LogP contribution in [0.3, 0.4) is 0 Å². The fourth-order valence-electron chi connectivity index (χ4n) is 1.34. The van der Waals surface area contributed by atoms with Crippen LogP contribution in [-0.4, -0.2) is 30.5 Å². The number of rotatable bonds is 4. The van der Waals surface area contributed by atoms with Crippen LogP contribution in [0.2, 0.25) is 0 Å². The molecule has 0 fully saturated rings. The number of methoxy groups -OCH3 is 1. The number of nitrogens with zero attached hydrogens (tertiary/aromatic N) is 1. The summed E-state index contributed by atoms with van der Waals surface area (Å²) in [6, 6.07) is 6.11. The summed E-state index contributed by atoms with van der Waals surface area (Å²) in [6.07, 6.45) is 1.81. The number of hydrogen-bond donors (Lipinski definition) is 2. The Kier molecular flexibility index (Phi) is 2.65. The standard InChI is InChI=1S/C10H13N3O/c1-14-5-4-11-9-3-2-8-7-12-13-10(8)6-9/h2-3,6-7,11H,4-5H2,1H3,(H,12,13). The van der Waals surface area contributed by atoms with Crippen LogP contribution in [0, 0.1) is 0 Å². The van der Waals surface area contributed by atoms with Crippen molar-refractivity contribution in [2.45, 2.75) is 0 Å². The number of anilines is 1. The number of ether oxygens (including phenoxy) is 1. The van der Waals surface area contributed by atoms with Crippen molar-refractivity contribution in [2.75, 3.05) is 25.6 Å². The van der Waals surface area contributed by atoms with Crippen molar-refractivity contribution in [3.8, 4) is 0 Å². The first-order valence-electron chi connectivity index (χ1n) is 4.56. The first-order chi connectivity index (χ1) is 6.90. The summed E-state index contributed by atoms with van der Waals surface area (Å²) in [5.74, 6) is 0. The van der Waals surface area contributed by atoms with Gasteiger partial charge in [0.05, 0.1) is 18.3 Å². The Labute approximate surface area is 82.3 Å². The van der Waals surface area contributed by atoms with Gasteiger partial charge in [0, 0.05) is 24.7 Å². The van der Waals surface area contributed by atoms with Gasteiger partial charge in [0.15, 0.2) is 0 Å². The third-order valence-corrected chi connectivity index (χ3v) is 2.08. The lowest BCUT2D eigenvalue weighted by molar-refractivity contribution is 0.211. The predicted molar refractivity (Wildman–Crippen MR) is 56.5 cm³/mol. The third-order valence-electron chi connectivity index (χ3n) is 2.08. The number of nitrogens with one attached hydrogen (secondary N) is 2. The molecule has 0 unspecified atom stereocenters. The van der Waals surface area contributed by atoms with Crippen molar-refractivity contribution in [1.82, 2.24) is 10.2 Å². The average molecular weight is 191 g/mol. The van der Waals surface area contributed by atoms with Gasteiger partial charge < -0.3 is 10.1 Å². The third kappa shape index (κ3) is 1.85. The minimum atomic E-state index is 0.709. The number of benzene rings is 1. The Hall–Kier alpha value is -1.55. The molecule has 14 heavy (non-hydrogen) atoms. The highest BCUT2D eigenvalue weighted by Gasteiger charge is 1.96. The van der Waals surface area contributed by atoms with Gasteiger partial charge in [0.2, 0.25) is 0 Å². The number of aromatic nitrogens is 2. The molecule has 0 aliphatic carbocycles. The monoisotopic (exact) mass is 191 g/mol. The summed E-state index contributed by atoms with van der Waals surface area (Å²) in [6.45, 7) is 1.52. The number of hydrogen-bond acceptors (Lipinski definition) is 3. The predicted octanol–water partition coefficient (Wildman–Crippen LogP) is 1.62. The van der Waals surface area contributed by atoms with Crippen molar-refractivity contribution >= 4 is 16.6 Å². The SMILES string of the molecule is COCCNc1ccc2cn[nH]c2c1. The zero-order valence-electron chi connectivity index (χ0n) is 8.08. The van der Waals surface area contributed by atoms with Crippen LogP contribution in [0.25, 0.3) is 10.9 Å². The molecule has 0 saturated carbocycles. The zero-order valence-corrected chi connectivity index (χ0v) is 8.08. The van der Waals surface area contributed by atoms with Gasteiger partial charge in [-0.15, -0.1) is 0 Å². The molecule has 0 radical (unpaired) electrons. The topological polar surface area (TPSA) is 49.9 Å². The summed E-state index contributed by atoms with van der Waals surface area (Å²) in [7, 11) is 1.69. The van der Waals surface area contributed by atoms with Crippen LogP contribution in [0.1, 0.15) is 0 Å². The van der Waals surface area contributed by atoms with Crippen LogP contribution in [0.15, 0.2) is 24.4 Å². The molecule has 2 rings (SSSR count). The normalized spacial score (nSPS) is 10.6. The molecule has 0 aliphatic heterocycles. The Morgan fingerprint density at radius 1 is 1.50 bits per heavy atom. The van der Waals surface area contributed by atoms with Crippen molar-refractivity contribution in [1.29, 1.82) is 0 Å². The van der Waals surface area contributed by atoms with Gasteiger partial charge >= 0.3 is 0 Å². The Morgan fingerprint density at radius 2 is 2.43 bits per heavy atom.